The zero-order valence-electron chi connectivity index (χ0n) is 19.3. The molecule has 0 aromatic heterocycles. The number of hydrogen-bond donors (Lipinski definition) is 1. The molecule has 0 radical (unpaired) electrons. The maximum atomic E-state index is 11.2. The van der Waals surface area contributed by atoms with E-state index >= 15 is 0 Å². The number of rotatable bonds is 12. The first kappa shape index (κ1) is 25.3. The summed E-state index contributed by atoms with van der Waals surface area (Å²) in [6, 6.07) is 10.6. The average molecular weight is 402 g/mol. The molecule has 1 rings (SSSR count). The Morgan fingerprint density at radius 3 is 2.17 bits per heavy atom. The number of carbonyl (C=O) groups excluding carboxylic acids is 1. The van der Waals surface area contributed by atoms with Gasteiger partial charge in [0, 0.05) is 11.7 Å². The molecule has 4 nitrogen and oxygen atoms in total. The summed E-state index contributed by atoms with van der Waals surface area (Å²) in [5, 5.41) is 10.0. The van der Waals surface area contributed by atoms with Crippen LogP contribution in [0.15, 0.2) is 42.7 Å². The number of esters is 1. The van der Waals surface area contributed by atoms with Gasteiger partial charge in [0.2, 0.25) is 0 Å². The van der Waals surface area contributed by atoms with Crippen molar-refractivity contribution >= 4 is 13.8 Å². The van der Waals surface area contributed by atoms with Crippen LogP contribution in [-0.2, 0) is 14.3 Å². The molecule has 29 heavy (non-hydrogen) atoms. The van der Waals surface area contributed by atoms with Crippen molar-refractivity contribution < 1.29 is 19.4 Å². The quantitative estimate of drug-likeness (QED) is 0.321. The van der Waals surface area contributed by atoms with Crippen LogP contribution < -0.4 is 0 Å². The molecule has 0 bridgehead atoms. The standard InChI is InChI=1S/C24H39BO4/c1-17(2)21(19-11-9-8-10-12-19)13-23(4,5)24(6,7)18(3)28-15-20(26)16-29-22(27)14-25/h8-12,17,20-21,26H,3,13-16,25H2,1-2,4-7H3. The normalized spacial score (nSPS) is 14.3. The molecule has 1 N–H and O–H groups in total. The van der Waals surface area contributed by atoms with Gasteiger partial charge in [0.05, 0.1) is 5.76 Å². The lowest BCUT2D eigenvalue weighted by molar-refractivity contribution is -0.144. The summed E-state index contributed by atoms with van der Waals surface area (Å²) in [5.74, 6) is 1.25. The Balaban J connectivity index is 2.78. The molecule has 0 saturated carbocycles. The van der Waals surface area contributed by atoms with E-state index in [2.05, 4.69) is 78.5 Å². The van der Waals surface area contributed by atoms with Crippen LogP contribution in [0.25, 0.3) is 0 Å². The van der Waals surface area contributed by atoms with E-state index in [0.29, 0.717) is 23.9 Å². The molecule has 1 aromatic rings. The highest BCUT2D eigenvalue weighted by atomic mass is 16.5. The zero-order chi connectivity index (χ0) is 22.2. The topological polar surface area (TPSA) is 55.8 Å². The molecular weight excluding hydrogens is 363 g/mol. The first-order valence-electron chi connectivity index (χ1n) is 10.6. The van der Waals surface area contributed by atoms with Gasteiger partial charge in [0.15, 0.2) is 0 Å². The minimum absolute atomic E-state index is 0.0572. The Labute approximate surface area is 178 Å². The fourth-order valence-electron chi connectivity index (χ4n) is 3.34. The van der Waals surface area contributed by atoms with Crippen LogP contribution in [0.4, 0.5) is 0 Å². The van der Waals surface area contributed by atoms with Crippen LogP contribution in [0.2, 0.25) is 6.32 Å². The molecule has 0 heterocycles. The van der Waals surface area contributed by atoms with E-state index < -0.39 is 6.10 Å². The summed E-state index contributed by atoms with van der Waals surface area (Å²) in [6.07, 6.45) is 0.412. The Bertz CT molecular complexity index is 652. The van der Waals surface area contributed by atoms with Crippen molar-refractivity contribution in [3.63, 3.8) is 0 Å². The van der Waals surface area contributed by atoms with E-state index in [-0.39, 0.29) is 30.0 Å². The smallest absolute Gasteiger partial charge is 0.297 e. The van der Waals surface area contributed by atoms with Gasteiger partial charge in [-0.3, -0.25) is 4.79 Å². The first-order valence-corrected chi connectivity index (χ1v) is 10.6. The maximum absolute atomic E-state index is 11.2. The van der Waals surface area contributed by atoms with Gasteiger partial charge in [0.25, 0.3) is 5.97 Å². The van der Waals surface area contributed by atoms with Gasteiger partial charge >= 0.3 is 0 Å². The second-order valence-electron chi connectivity index (χ2n) is 9.40. The Morgan fingerprint density at radius 1 is 1.10 bits per heavy atom. The van der Waals surface area contributed by atoms with Crippen LogP contribution in [0.3, 0.4) is 0 Å². The molecular formula is C24H39BO4. The molecule has 2 atom stereocenters. The molecule has 2 unspecified atom stereocenters. The van der Waals surface area contributed by atoms with Crippen molar-refractivity contribution in [3.05, 3.63) is 48.2 Å². The lowest BCUT2D eigenvalue weighted by atomic mass is 9.61. The first-order chi connectivity index (χ1) is 13.4. The van der Waals surface area contributed by atoms with Crippen molar-refractivity contribution in [2.24, 2.45) is 16.7 Å². The van der Waals surface area contributed by atoms with E-state index in [9.17, 15) is 9.90 Å². The maximum Gasteiger partial charge on any atom is 0.297 e. The largest absolute Gasteiger partial charge is 0.495 e. The van der Waals surface area contributed by atoms with Crippen LogP contribution in [-0.4, -0.2) is 38.2 Å². The Morgan fingerprint density at radius 2 is 1.66 bits per heavy atom. The lowest BCUT2D eigenvalue weighted by Crippen LogP contribution is -2.38. The van der Waals surface area contributed by atoms with Crippen LogP contribution in [0, 0.1) is 16.7 Å². The van der Waals surface area contributed by atoms with Crippen molar-refractivity contribution in [1.82, 2.24) is 0 Å². The van der Waals surface area contributed by atoms with E-state index in [1.54, 1.807) is 7.85 Å². The van der Waals surface area contributed by atoms with E-state index in [0.717, 1.165) is 6.42 Å². The molecule has 0 aliphatic carbocycles. The summed E-state index contributed by atoms with van der Waals surface area (Å²) >= 11 is 0. The second-order valence-corrected chi connectivity index (χ2v) is 9.40. The molecule has 0 aliphatic heterocycles. The van der Waals surface area contributed by atoms with Gasteiger partial charge in [-0.05, 0) is 29.2 Å². The molecule has 0 amide bonds. The van der Waals surface area contributed by atoms with Gasteiger partial charge in [-0.15, -0.1) is 0 Å². The number of aliphatic hydroxyl groups is 1. The van der Waals surface area contributed by atoms with E-state index in [4.69, 9.17) is 9.47 Å². The number of carbonyl (C=O) groups is 1. The monoisotopic (exact) mass is 402 g/mol. The zero-order valence-corrected chi connectivity index (χ0v) is 19.3. The molecule has 162 valence electrons. The third-order valence-corrected chi connectivity index (χ3v) is 6.33. The van der Waals surface area contributed by atoms with Gasteiger partial charge in [-0.2, -0.15) is 0 Å². The lowest BCUT2D eigenvalue weighted by Gasteiger charge is -2.45. The molecule has 1 aromatic carbocycles. The Hall–Kier alpha value is -1.75. The summed E-state index contributed by atoms with van der Waals surface area (Å²) in [4.78, 5) is 11.2. The SMILES string of the molecule is BCC(=O)OCC(O)COC(=C)C(C)(C)C(C)(C)CC(c1ccccc1)C(C)C. The summed E-state index contributed by atoms with van der Waals surface area (Å²) in [5.41, 5.74) is 0.953. The second kappa shape index (κ2) is 10.9. The number of allylic oxidation sites excluding steroid dienone is 1. The highest BCUT2D eigenvalue weighted by molar-refractivity contribution is 6.18. The molecule has 0 fully saturated rings. The molecule has 0 spiro atoms. The molecule has 0 aliphatic rings. The molecule has 0 saturated heterocycles. The van der Waals surface area contributed by atoms with Crippen molar-refractivity contribution in [2.45, 2.75) is 66.3 Å². The van der Waals surface area contributed by atoms with Crippen molar-refractivity contribution in [1.29, 1.82) is 0 Å². The van der Waals surface area contributed by atoms with Crippen LogP contribution in [0.1, 0.15) is 59.4 Å². The molecule has 5 heteroatoms. The van der Waals surface area contributed by atoms with Gasteiger partial charge in [0.1, 0.15) is 27.2 Å². The Kier molecular flexibility index (Phi) is 9.48. The van der Waals surface area contributed by atoms with Crippen molar-refractivity contribution in [2.75, 3.05) is 13.2 Å². The van der Waals surface area contributed by atoms with Crippen molar-refractivity contribution in [3.8, 4) is 0 Å². The predicted octanol–water partition coefficient (Wildman–Crippen LogP) is 4.35. The number of hydrogen-bond acceptors (Lipinski definition) is 4. The number of benzene rings is 1. The number of aliphatic hydroxyl groups excluding tert-OH is 1. The minimum atomic E-state index is -0.867. The van der Waals surface area contributed by atoms with Crippen LogP contribution in [0.5, 0.6) is 0 Å². The summed E-state index contributed by atoms with van der Waals surface area (Å²) < 4.78 is 10.8. The fourth-order valence-corrected chi connectivity index (χ4v) is 3.34. The summed E-state index contributed by atoms with van der Waals surface area (Å²) in [7, 11) is 1.72. The van der Waals surface area contributed by atoms with E-state index in [1.165, 1.54) is 5.56 Å². The average Bonchev–Trinajstić information content (AvgIpc) is 2.68. The fraction of sp³-hybridized carbons (Fsp3) is 0.625. The van der Waals surface area contributed by atoms with Gasteiger partial charge in [-0.1, -0.05) is 78.5 Å². The predicted molar refractivity (Wildman–Crippen MR) is 122 cm³/mol. The van der Waals surface area contributed by atoms with Gasteiger partial charge < -0.3 is 14.6 Å². The third-order valence-electron chi connectivity index (χ3n) is 6.33. The summed E-state index contributed by atoms with van der Waals surface area (Å²) in [6.45, 7) is 17.5. The van der Waals surface area contributed by atoms with Crippen LogP contribution >= 0.6 is 0 Å². The minimum Gasteiger partial charge on any atom is -0.495 e. The highest BCUT2D eigenvalue weighted by Crippen LogP contribution is 2.50. The number of ether oxygens (including phenoxy) is 2. The van der Waals surface area contributed by atoms with E-state index in [1.807, 2.05) is 0 Å². The third kappa shape index (κ3) is 7.22. The van der Waals surface area contributed by atoms with Gasteiger partial charge in [-0.25, -0.2) is 0 Å². The highest BCUT2D eigenvalue weighted by Gasteiger charge is 2.42.